The summed E-state index contributed by atoms with van der Waals surface area (Å²) in [6, 6.07) is -2.62. The molecule has 592 valence electrons. The van der Waals surface area contributed by atoms with Crippen molar-refractivity contribution in [3.8, 4) is 0 Å². The molecule has 23 nitrogen and oxygen atoms in total. The smallest absolute Gasteiger partial charge is 0.364 e. The van der Waals surface area contributed by atoms with Crippen molar-refractivity contribution in [1.82, 2.24) is 10.6 Å². The number of aliphatic carboxylic acids is 1. The highest BCUT2D eigenvalue weighted by atomic mass is 16.8. The van der Waals surface area contributed by atoms with E-state index in [1.165, 1.54) is 225 Å². The number of allylic oxidation sites excluding steroid dienone is 3. The molecular formula is C78H144N2O21. The van der Waals surface area contributed by atoms with Crippen molar-refractivity contribution < 1.29 is 104 Å². The maximum absolute atomic E-state index is 13.5. The van der Waals surface area contributed by atoms with Crippen molar-refractivity contribution in [2.24, 2.45) is 0 Å². The zero-order valence-electron chi connectivity index (χ0n) is 62.5. The van der Waals surface area contributed by atoms with Crippen LogP contribution in [-0.2, 0) is 42.8 Å². The van der Waals surface area contributed by atoms with Gasteiger partial charge in [0.1, 0.15) is 67.1 Å². The zero-order valence-corrected chi connectivity index (χ0v) is 62.5. The number of aliphatic hydroxyl groups excluding tert-OH is 11. The van der Waals surface area contributed by atoms with Gasteiger partial charge in [0.05, 0.1) is 50.7 Å². The number of ether oxygens (including phenoxy) is 6. The number of carbonyl (C=O) groups excluding carboxylic acids is 2. The molecule has 0 saturated carbocycles. The first-order valence-corrected chi connectivity index (χ1v) is 40.2. The van der Waals surface area contributed by atoms with Gasteiger partial charge in [-0.25, -0.2) is 4.79 Å². The monoisotopic (exact) mass is 1450 g/mol. The third-order valence-electron chi connectivity index (χ3n) is 20.4. The molecule has 14 N–H and O–H groups in total. The largest absolute Gasteiger partial charge is 0.477 e. The summed E-state index contributed by atoms with van der Waals surface area (Å²) in [6.07, 6.45) is 33.7. The maximum atomic E-state index is 13.5. The lowest BCUT2D eigenvalue weighted by atomic mass is 9.88. The highest BCUT2D eigenvalue weighted by molar-refractivity contribution is 5.77. The van der Waals surface area contributed by atoms with Crippen LogP contribution in [0.1, 0.15) is 316 Å². The predicted octanol–water partition coefficient (Wildman–Crippen LogP) is 10.4. The number of carboxylic acids is 1. The molecule has 3 fully saturated rings. The Balaban J connectivity index is 1.48. The lowest BCUT2D eigenvalue weighted by molar-refractivity contribution is -0.386. The summed E-state index contributed by atoms with van der Waals surface area (Å²) in [5.74, 6) is -6.14. The van der Waals surface area contributed by atoms with E-state index in [1.807, 2.05) is 6.08 Å². The number of hydrogen-bond donors (Lipinski definition) is 14. The standard InChI is InChI=1S/C78H144N2O21/c1-4-6-8-10-12-14-16-18-20-22-23-24-25-26-27-28-29-30-31-32-33-34-35-36-38-40-42-44-46-48-50-52-65(88)80-59(60(85)51-49-47-45-43-41-39-37-21-19-17-15-13-11-9-7-5-2)57-96-75-70(92)69(91)72(64(56-83)98-75)99-76-71(93)74(68(90)63(55-82)97-76)101-78(77(94)95)53-61(86)66(79-58(3)84)73(100-78)67(89)62(87)54-81/h26-27,49,51,59-64,66-76,81-83,85-87,89-93H,4-25,28-48,50,52-57H2,1-3H3,(H,79,84)(H,80,88)(H,94,95)/b27-26-,51-49+. The molecule has 18 unspecified atom stereocenters. The molecule has 3 heterocycles. The number of unbranched alkanes of at least 4 members (excludes halogenated alkanes) is 41. The second-order valence-corrected chi connectivity index (χ2v) is 29.3. The summed E-state index contributed by atoms with van der Waals surface area (Å²) in [4.78, 5) is 38.7. The van der Waals surface area contributed by atoms with Crippen molar-refractivity contribution in [3.63, 3.8) is 0 Å². The average molecular weight is 1450 g/mol. The SMILES string of the molecule is CCCCCCCCCCCCCC/C=C\CCCCCCCCCCCCCCCCCC(=O)NC(COC1OC(CO)C(OC2OC(CO)C(O)C(OC3(C(=O)O)CC(O)C(NC(C)=O)C(C(O)C(O)CO)O3)C2O)C(O)C1O)C(O)/C=C/CCCCCCCCCCCCCCCC. The van der Waals surface area contributed by atoms with E-state index in [0.717, 1.165) is 51.9 Å². The number of carbonyl (C=O) groups is 3. The van der Waals surface area contributed by atoms with Gasteiger partial charge in [0.15, 0.2) is 12.6 Å². The van der Waals surface area contributed by atoms with E-state index in [0.29, 0.717) is 12.8 Å². The first-order valence-electron chi connectivity index (χ1n) is 40.2. The molecule has 3 saturated heterocycles. The van der Waals surface area contributed by atoms with Gasteiger partial charge in [-0.05, 0) is 44.9 Å². The van der Waals surface area contributed by atoms with Crippen LogP contribution in [0.15, 0.2) is 24.3 Å². The van der Waals surface area contributed by atoms with E-state index in [9.17, 15) is 75.7 Å². The molecular weight excluding hydrogens is 1300 g/mol. The minimum Gasteiger partial charge on any atom is -0.477 e. The molecule has 0 radical (unpaired) electrons. The number of aliphatic hydroxyl groups is 11. The molecule has 0 bridgehead atoms. The van der Waals surface area contributed by atoms with Gasteiger partial charge >= 0.3 is 5.97 Å². The zero-order chi connectivity index (χ0) is 73.9. The Morgan fingerprint density at radius 2 is 0.931 bits per heavy atom. The Kier molecular flexibility index (Phi) is 52.5. The lowest BCUT2D eigenvalue weighted by Gasteiger charge is -2.50. The predicted molar refractivity (Wildman–Crippen MR) is 389 cm³/mol. The minimum atomic E-state index is -3.08. The molecule has 0 aromatic heterocycles. The van der Waals surface area contributed by atoms with Crippen molar-refractivity contribution in [2.45, 2.75) is 426 Å². The molecule has 23 heteroatoms. The van der Waals surface area contributed by atoms with Crippen LogP contribution in [-0.4, -0.2) is 215 Å². The fraction of sp³-hybridized carbons (Fsp3) is 0.910. The second kappa shape index (κ2) is 57.4. The molecule has 3 aliphatic heterocycles. The van der Waals surface area contributed by atoms with E-state index in [2.05, 4.69) is 36.6 Å². The van der Waals surface area contributed by atoms with Crippen LogP contribution in [0.2, 0.25) is 0 Å². The van der Waals surface area contributed by atoms with Gasteiger partial charge in [-0.15, -0.1) is 0 Å². The highest BCUT2D eigenvalue weighted by Crippen LogP contribution is 2.39. The first-order chi connectivity index (χ1) is 48.9. The third kappa shape index (κ3) is 38.0. The number of amides is 2. The van der Waals surface area contributed by atoms with Gasteiger partial charge in [0.2, 0.25) is 11.8 Å². The fourth-order valence-electron chi connectivity index (χ4n) is 14.0. The van der Waals surface area contributed by atoms with E-state index in [1.54, 1.807) is 6.08 Å². The molecule has 0 spiro atoms. The minimum absolute atomic E-state index is 0.203. The van der Waals surface area contributed by atoms with Crippen LogP contribution in [0.25, 0.3) is 0 Å². The molecule has 0 aliphatic carbocycles. The second-order valence-electron chi connectivity index (χ2n) is 29.3. The number of nitrogens with one attached hydrogen (secondary N) is 2. The third-order valence-corrected chi connectivity index (χ3v) is 20.4. The summed E-state index contributed by atoms with van der Waals surface area (Å²) in [5.41, 5.74) is 0. The Morgan fingerprint density at radius 3 is 1.35 bits per heavy atom. The topological polar surface area (TPSA) is 373 Å². The first kappa shape index (κ1) is 92.4. The normalized spacial score (nSPS) is 26.9. The number of rotatable bonds is 63. The molecule has 0 aromatic carbocycles. The van der Waals surface area contributed by atoms with E-state index in [4.69, 9.17) is 28.4 Å². The van der Waals surface area contributed by atoms with Gasteiger partial charge in [0.25, 0.3) is 5.79 Å². The Bertz CT molecular complexity index is 2110. The molecule has 3 rings (SSSR count). The summed E-state index contributed by atoms with van der Waals surface area (Å²) in [7, 11) is 0. The van der Waals surface area contributed by atoms with E-state index >= 15 is 0 Å². The van der Waals surface area contributed by atoms with Gasteiger partial charge in [-0.2, -0.15) is 0 Å². The van der Waals surface area contributed by atoms with Gasteiger partial charge in [-0.3, -0.25) is 9.59 Å². The van der Waals surface area contributed by atoms with Gasteiger partial charge in [0, 0.05) is 19.8 Å². The quantitative estimate of drug-likeness (QED) is 0.0199. The van der Waals surface area contributed by atoms with Crippen LogP contribution < -0.4 is 10.6 Å². The summed E-state index contributed by atoms with van der Waals surface area (Å²) in [5, 5.41) is 136. The van der Waals surface area contributed by atoms with Crippen LogP contribution in [0.5, 0.6) is 0 Å². The van der Waals surface area contributed by atoms with Gasteiger partial charge in [-0.1, -0.05) is 276 Å². The van der Waals surface area contributed by atoms with Crippen molar-refractivity contribution in [1.29, 1.82) is 0 Å². The highest BCUT2D eigenvalue weighted by Gasteiger charge is 2.60. The van der Waals surface area contributed by atoms with Crippen LogP contribution in [0, 0.1) is 0 Å². The number of carboxylic acid groups (broad SMARTS) is 1. The molecule has 0 aromatic rings. The molecule has 101 heavy (non-hydrogen) atoms. The van der Waals surface area contributed by atoms with Crippen LogP contribution in [0.4, 0.5) is 0 Å². The summed E-state index contributed by atoms with van der Waals surface area (Å²) < 4.78 is 34.9. The van der Waals surface area contributed by atoms with Crippen molar-refractivity contribution in [3.05, 3.63) is 24.3 Å². The Morgan fingerprint density at radius 1 is 0.515 bits per heavy atom. The molecule has 18 atom stereocenters. The van der Waals surface area contributed by atoms with Crippen LogP contribution >= 0.6 is 0 Å². The fourth-order valence-corrected chi connectivity index (χ4v) is 14.0. The summed E-state index contributed by atoms with van der Waals surface area (Å²) >= 11 is 0. The molecule has 3 aliphatic rings. The van der Waals surface area contributed by atoms with E-state index in [-0.39, 0.29) is 12.3 Å². The summed E-state index contributed by atoms with van der Waals surface area (Å²) in [6.45, 7) is 2.17. The van der Waals surface area contributed by atoms with Gasteiger partial charge < -0.3 is 100 Å². The van der Waals surface area contributed by atoms with Crippen LogP contribution in [0.3, 0.4) is 0 Å². The lowest BCUT2D eigenvalue weighted by Crippen LogP contribution is -2.70. The van der Waals surface area contributed by atoms with Crippen molar-refractivity contribution in [2.75, 3.05) is 26.4 Å². The van der Waals surface area contributed by atoms with Crippen molar-refractivity contribution >= 4 is 17.8 Å². The average Bonchev–Trinajstić information content (AvgIpc) is 0.756. The Labute approximate surface area is 606 Å². The number of hydrogen-bond acceptors (Lipinski definition) is 20. The van der Waals surface area contributed by atoms with E-state index < -0.39 is 155 Å². The Hall–Kier alpha value is -2.79. The maximum Gasteiger partial charge on any atom is 0.364 e. The molecule has 2 amide bonds.